The molecule has 2 unspecified atom stereocenters. The molecule has 0 aromatic carbocycles. The quantitative estimate of drug-likeness (QED) is 0.781. The second kappa shape index (κ2) is 6.21. The Bertz CT molecular complexity index is 233. The van der Waals surface area contributed by atoms with Crippen molar-refractivity contribution in [3.05, 3.63) is 0 Å². The highest BCUT2D eigenvalue weighted by Crippen LogP contribution is 2.15. The summed E-state index contributed by atoms with van der Waals surface area (Å²) in [6.07, 6.45) is 3.17. The van der Waals surface area contributed by atoms with Gasteiger partial charge in [0.05, 0.1) is 12.1 Å². The lowest BCUT2D eigenvalue weighted by Crippen LogP contribution is -2.51. The maximum Gasteiger partial charge on any atom is 0.239 e. The second-order valence-corrected chi connectivity index (χ2v) is 4.70. The summed E-state index contributed by atoms with van der Waals surface area (Å²) in [5.41, 5.74) is 5.96. The molecule has 1 rings (SSSR count). The minimum absolute atomic E-state index is 0.0797. The van der Waals surface area contributed by atoms with Gasteiger partial charge in [-0.05, 0) is 18.8 Å². The van der Waals surface area contributed by atoms with Crippen molar-refractivity contribution >= 4 is 5.91 Å². The molecule has 1 fully saturated rings. The predicted octanol–water partition coefficient (Wildman–Crippen LogP) is 0.997. The minimum Gasteiger partial charge on any atom is -0.380 e. The Morgan fingerprint density at radius 1 is 1.62 bits per heavy atom. The van der Waals surface area contributed by atoms with Gasteiger partial charge in [0.25, 0.3) is 0 Å². The topological polar surface area (TPSA) is 55.6 Å². The molecule has 0 aromatic rings. The maximum atomic E-state index is 12.1. The fraction of sp³-hybridized carbons (Fsp3) is 0.917. The summed E-state index contributed by atoms with van der Waals surface area (Å²) >= 11 is 0. The average molecular weight is 228 g/mol. The van der Waals surface area contributed by atoms with Gasteiger partial charge in [-0.15, -0.1) is 0 Å². The standard InChI is InChI=1S/C12H24N2O2/c1-4-9(2)11(13)12(15)14-7-5-6-10(8-14)16-3/h9-11H,4-8,13H2,1-3H3/t9?,10?,11-/m0/s1. The summed E-state index contributed by atoms with van der Waals surface area (Å²) in [4.78, 5) is 14.0. The zero-order chi connectivity index (χ0) is 12.1. The number of amides is 1. The van der Waals surface area contributed by atoms with E-state index in [2.05, 4.69) is 6.92 Å². The van der Waals surface area contributed by atoms with E-state index in [-0.39, 0.29) is 24.0 Å². The van der Waals surface area contributed by atoms with Crippen LogP contribution in [-0.4, -0.2) is 43.2 Å². The van der Waals surface area contributed by atoms with E-state index in [1.54, 1.807) is 7.11 Å². The zero-order valence-electron chi connectivity index (χ0n) is 10.6. The van der Waals surface area contributed by atoms with Gasteiger partial charge < -0.3 is 15.4 Å². The summed E-state index contributed by atoms with van der Waals surface area (Å²) in [5.74, 6) is 0.325. The lowest BCUT2D eigenvalue weighted by atomic mass is 9.97. The number of hydrogen-bond acceptors (Lipinski definition) is 3. The number of ether oxygens (including phenoxy) is 1. The molecule has 1 saturated heterocycles. The Labute approximate surface area is 98.1 Å². The number of methoxy groups -OCH3 is 1. The van der Waals surface area contributed by atoms with E-state index >= 15 is 0 Å². The van der Waals surface area contributed by atoms with E-state index < -0.39 is 0 Å². The van der Waals surface area contributed by atoms with Crippen LogP contribution in [0.3, 0.4) is 0 Å². The van der Waals surface area contributed by atoms with Gasteiger partial charge in [-0.1, -0.05) is 20.3 Å². The van der Waals surface area contributed by atoms with Crippen molar-refractivity contribution in [2.24, 2.45) is 11.7 Å². The van der Waals surface area contributed by atoms with Crippen molar-refractivity contribution in [1.29, 1.82) is 0 Å². The normalized spacial score (nSPS) is 25.2. The summed E-state index contributed by atoms with van der Waals surface area (Å²) in [6, 6.07) is -0.361. The molecule has 0 radical (unpaired) electrons. The lowest BCUT2D eigenvalue weighted by molar-refractivity contribution is -0.137. The third kappa shape index (κ3) is 3.19. The number of rotatable bonds is 4. The SMILES string of the molecule is CCC(C)[C@H](N)C(=O)N1CCCC(OC)C1. The highest BCUT2D eigenvalue weighted by atomic mass is 16.5. The molecule has 1 heterocycles. The number of carbonyl (C=O) groups is 1. The van der Waals surface area contributed by atoms with Crippen molar-refractivity contribution in [2.45, 2.75) is 45.3 Å². The van der Waals surface area contributed by atoms with E-state index in [0.717, 1.165) is 25.8 Å². The molecule has 1 aliphatic rings. The van der Waals surface area contributed by atoms with Gasteiger partial charge in [0.15, 0.2) is 0 Å². The van der Waals surface area contributed by atoms with Crippen LogP contribution >= 0.6 is 0 Å². The molecular formula is C12H24N2O2. The zero-order valence-corrected chi connectivity index (χ0v) is 10.6. The van der Waals surface area contributed by atoms with Crippen LogP contribution in [0.5, 0.6) is 0 Å². The van der Waals surface area contributed by atoms with E-state index in [4.69, 9.17) is 10.5 Å². The van der Waals surface area contributed by atoms with Crippen molar-refractivity contribution in [1.82, 2.24) is 4.90 Å². The number of hydrogen-bond donors (Lipinski definition) is 1. The smallest absolute Gasteiger partial charge is 0.239 e. The van der Waals surface area contributed by atoms with Gasteiger partial charge in [0.2, 0.25) is 5.91 Å². The van der Waals surface area contributed by atoms with E-state index in [1.807, 2.05) is 11.8 Å². The first-order valence-corrected chi connectivity index (χ1v) is 6.17. The first-order chi connectivity index (χ1) is 7.60. The molecule has 0 aliphatic carbocycles. The number of likely N-dealkylation sites (tertiary alicyclic amines) is 1. The first kappa shape index (κ1) is 13.5. The second-order valence-electron chi connectivity index (χ2n) is 4.70. The molecule has 94 valence electrons. The molecule has 3 atom stereocenters. The van der Waals surface area contributed by atoms with Crippen LogP contribution in [0.2, 0.25) is 0 Å². The van der Waals surface area contributed by atoms with E-state index in [1.165, 1.54) is 0 Å². The van der Waals surface area contributed by atoms with Gasteiger partial charge in [-0.25, -0.2) is 0 Å². The van der Waals surface area contributed by atoms with Crippen molar-refractivity contribution in [2.75, 3.05) is 20.2 Å². The fourth-order valence-corrected chi connectivity index (χ4v) is 2.04. The van der Waals surface area contributed by atoms with Crippen LogP contribution in [0.25, 0.3) is 0 Å². The lowest BCUT2D eigenvalue weighted by Gasteiger charge is -2.34. The molecule has 1 aliphatic heterocycles. The van der Waals surface area contributed by atoms with Crippen LogP contribution in [0.15, 0.2) is 0 Å². The summed E-state index contributed by atoms with van der Waals surface area (Å²) < 4.78 is 5.30. The number of nitrogens with two attached hydrogens (primary N) is 1. The van der Waals surface area contributed by atoms with Gasteiger partial charge >= 0.3 is 0 Å². The van der Waals surface area contributed by atoms with Crippen LogP contribution < -0.4 is 5.73 Å². The highest BCUT2D eigenvalue weighted by Gasteiger charge is 2.28. The van der Waals surface area contributed by atoms with Crippen molar-refractivity contribution < 1.29 is 9.53 Å². The molecule has 0 aromatic heterocycles. The number of piperidine rings is 1. The molecule has 1 amide bonds. The minimum atomic E-state index is -0.361. The monoisotopic (exact) mass is 228 g/mol. The van der Waals surface area contributed by atoms with Gasteiger partial charge in [-0.2, -0.15) is 0 Å². The Morgan fingerprint density at radius 3 is 2.88 bits per heavy atom. The first-order valence-electron chi connectivity index (χ1n) is 6.17. The van der Waals surface area contributed by atoms with Crippen LogP contribution in [0.1, 0.15) is 33.1 Å². The summed E-state index contributed by atoms with van der Waals surface area (Å²) in [7, 11) is 1.70. The molecule has 2 N–H and O–H groups in total. The van der Waals surface area contributed by atoms with Crippen LogP contribution in [0.4, 0.5) is 0 Å². The molecule has 4 heteroatoms. The molecule has 0 spiro atoms. The Morgan fingerprint density at radius 2 is 2.31 bits per heavy atom. The number of carbonyl (C=O) groups excluding carboxylic acids is 1. The largest absolute Gasteiger partial charge is 0.380 e. The Balaban J connectivity index is 2.52. The van der Waals surface area contributed by atoms with Crippen LogP contribution in [0, 0.1) is 5.92 Å². The Hall–Kier alpha value is -0.610. The van der Waals surface area contributed by atoms with Crippen molar-refractivity contribution in [3.8, 4) is 0 Å². The van der Waals surface area contributed by atoms with Gasteiger partial charge in [-0.3, -0.25) is 4.79 Å². The number of nitrogens with zero attached hydrogens (tertiary/aromatic N) is 1. The molecule has 0 saturated carbocycles. The molecule has 16 heavy (non-hydrogen) atoms. The fourth-order valence-electron chi connectivity index (χ4n) is 2.04. The van der Waals surface area contributed by atoms with E-state index in [0.29, 0.717) is 6.54 Å². The van der Waals surface area contributed by atoms with Gasteiger partial charge in [0.1, 0.15) is 0 Å². The Kier molecular flexibility index (Phi) is 5.22. The summed E-state index contributed by atoms with van der Waals surface area (Å²) in [5, 5.41) is 0. The molecular weight excluding hydrogens is 204 g/mol. The third-order valence-corrected chi connectivity index (χ3v) is 3.57. The summed E-state index contributed by atoms with van der Waals surface area (Å²) in [6.45, 7) is 5.61. The maximum absolute atomic E-state index is 12.1. The average Bonchev–Trinajstić information content (AvgIpc) is 2.36. The van der Waals surface area contributed by atoms with Gasteiger partial charge in [0, 0.05) is 20.2 Å². The molecule has 4 nitrogen and oxygen atoms in total. The van der Waals surface area contributed by atoms with Crippen molar-refractivity contribution in [3.63, 3.8) is 0 Å². The third-order valence-electron chi connectivity index (χ3n) is 3.57. The predicted molar refractivity (Wildman–Crippen MR) is 64.0 cm³/mol. The van der Waals surface area contributed by atoms with Crippen LogP contribution in [-0.2, 0) is 9.53 Å². The molecule has 0 bridgehead atoms. The van der Waals surface area contributed by atoms with E-state index in [9.17, 15) is 4.79 Å². The highest BCUT2D eigenvalue weighted by molar-refractivity contribution is 5.82.